The third-order valence-electron chi connectivity index (χ3n) is 7.99. The standard InChI is InChI=1S/C31H34N4OS/c1-19-14-20(2)16-23(15-19)29-27(18-33-13-10-22-8-11-32-12-9-22)26-17-28(37-30(26)34-29)21(3)31(36)35-24-4-5-25(35)7-6-24/h8-9,11-12,14-17,24-25,33-34H,3-7,10,13,18H2,1-2H3. The second kappa shape index (κ2) is 9.92. The number of carbonyl (C=O) groups excluding carboxylic acids is 1. The van der Waals surface area contributed by atoms with E-state index < -0.39 is 0 Å². The number of nitrogens with zero attached hydrogens (tertiary/aromatic N) is 2. The first kappa shape index (κ1) is 24.1. The molecule has 190 valence electrons. The molecule has 0 aliphatic carbocycles. The van der Waals surface area contributed by atoms with Gasteiger partial charge in [0.1, 0.15) is 4.83 Å². The predicted octanol–water partition coefficient (Wildman–Crippen LogP) is 6.41. The monoisotopic (exact) mass is 510 g/mol. The van der Waals surface area contributed by atoms with Crippen molar-refractivity contribution in [3.63, 3.8) is 0 Å². The molecule has 0 radical (unpaired) electrons. The normalized spacial score (nSPS) is 18.7. The van der Waals surface area contributed by atoms with Crippen molar-refractivity contribution < 1.29 is 4.79 Å². The lowest BCUT2D eigenvalue weighted by Crippen LogP contribution is -2.35. The molecule has 0 spiro atoms. The van der Waals surface area contributed by atoms with Gasteiger partial charge in [-0.05, 0) is 94.0 Å². The van der Waals surface area contributed by atoms with E-state index in [1.807, 2.05) is 12.4 Å². The molecule has 2 N–H and O–H groups in total. The summed E-state index contributed by atoms with van der Waals surface area (Å²) in [6.07, 6.45) is 9.21. The molecule has 0 saturated carbocycles. The Morgan fingerprint density at radius 1 is 1.08 bits per heavy atom. The highest BCUT2D eigenvalue weighted by Gasteiger charge is 2.42. The molecule has 0 unspecified atom stereocenters. The van der Waals surface area contributed by atoms with Crippen LogP contribution in [0.1, 0.15) is 52.8 Å². The Bertz CT molecular complexity index is 1430. The number of fused-ring (bicyclic) bond motifs is 3. The van der Waals surface area contributed by atoms with E-state index in [1.54, 1.807) is 11.3 Å². The first-order valence-electron chi connectivity index (χ1n) is 13.3. The highest BCUT2D eigenvalue weighted by atomic mass is 32.1. The molecule has 2 aliphatic rings. The molecule has 1 amide bonds. The minimum Gasteiger partial charge on any atom is -0.346 e. The van der Waals surface area contributed by atoms with Crippen LogP contribution in [0.15, 0.2) is 55.4 Å². The van der Waals surface area contributed by atoms with Gasteiger partial charge in [0.05, 0.1) is 5.69 Å². The highest BCUT2D eigenvalue weighted by molar-refractivity contribution is 7.20. The molecular weight excluding hydrogens is 476 g/mol. The maximum atomic E-state index is 13.4. The number of carbonyl (C=O) groups is 1. The lowest BCUT2D eigenvalue weighted by Gasteiger charge is -2.22. The van der Waals surface area contributed by atoms with Crippen LogP contribution in [-0.4, -0.2) is 39.4 Å². The summed E-state index contributed by atoms with van der Waals surface area (Å²) in [6, 6.07) is 13.8. The number of pyridine rings is 1. The SMILES string of the molecule is C=C(C(=O)N1C2CCC1CC2)c1cc2c(CNCCc3ccncc3)c(-c3cc(C)cc(C)c3)[nH]c2s1. The van der Waals surface area contributed by atoms with E-state index >= 15 is 0 Å². The largest absolute Gasteiger partial charge is 0.346 e. The molecule has 2 saturated heterocycles. The van der Waals surface area contributed by atoms with Crippen molar-refractivity contribution in [2.75, 3.05) is 6.54 Å². The van der Waals surface area contributed by atoms with E-state index in [1.165, 1.54) is 33.2 Å². The molecule has 5 nitrogen and oxygen atoms in total. The summed E-state index contributed by atoms with van der Waals surface area (Å²) in [4.78, 5) is 25.4. The Hall–Kier alpha value is -3.22. The Labute approximate surface area is 222 Å². The average molecular weight is 511 g/mol. The second-order valence-electron chi connectivity index (χ2n) is 10.6. The molecule has 0 atom stereocenters. The van der Waals surface area contributed by atoms with Crippen molar-refractivity contribution in [3.8, 4) is 11.3 Å². The van der Waals surface area contributed by atoms with Gasteiger partial charge in [0.25, 0.3) is 5.91 Å². The van der Waals surface area contributed by atoms with Crippen molar-refractivity contribution in [2.24, 2.45) is 0 Å². The van der Waals surface area contributed by atoms with Gasteiger partial charge in [-0.1, -0.05) is 23.8 Å². The van der Waals surface area contributed by atoms with Crippen LogP contribution in [0.25, 0.3) is 27.0 Å². The van der Waals surface area contributed by atoms with Gasteiger partial charge in [-0.25, -0.2) is 0 Å². The van der Waals surface area contributed by atoms with Crippen molar-refractivity contribution in [1.29, 1.82) is 0 Å². The highest BCUT2D eigenvalue weighted by Crippen LogP contribution is 2.42. The van der Waals surface area contributed by atoms with Gasteiger partial charge in [0.2, 0.25) is 0 Å². The number of hydrogen-bond donors (Lipinski definition) is 2. The number of amides is 1. The average Bonchev–Trinajstić information content (AvgIpc) is 3.66. The van der Waals surface area contributed by atoms with Gasteiger partial charge in [-0.2, -0.15) is 0 Å². The van der Waals surface area contributed by atoms with E-state index in [2.05, 4.69) is 77.0 Å². The zero-order chi connectivity index (χ0) is 25.5. The maximum absolute atomic E-state index is 13.4. The number of aromatic nitrogens is 2. The molecule has 2 aliphatic heterocycles. The Kier molecular flexibility index (Phi) is 6.47. The van der Waals surface area contributed by atoms with Crippen LogP contribution >= 0.6 is 11.3 Å². The number of benzene rings is 1. The number of aromatic amines is 1. The molecule has 3 aromatic heterocycles. The lowest BCUT2D eigenvalue weighted by molar-refractivity contribution is -0.126. The summed E-state index contributed by atoms with van der Waals surface area (Å²) in [5.41, 5.74) is 8.04. The third kappa shape index (κ3) is 4.64. The van der Waals surface area contributed by atoms with Gasteiger partial charge in [-0.15, -0.1) is 11.3 Å². The first-order valence-corrected chi connectivity index (χ1v) is 14.1. The molecule has 1 aromatic carbocycles. The van der Waals surface area contributed by atoms with E-state index in [-0.39, 0.29) is 5.91 Å². The fraction of sp³-hybridized carbons (Fsp3) is 0.355. The fourth-order valence-electron chi connectivity index (χ4n) is 6.23. The van der Waals surface area contributed by atoms with Gasteiger partial charge in [-0.3, -0.25) is 9.78 Å². The molecular formula is C31H34N4OS. The minimum absolute atomic E-state index is 0.125. The van der Waals surface area contributed by atoms with Crippen molar-refractivity contribution in [1.82, 2.24) is 20.2 Å². The summed E-state index contributed by atoms with van der Waals surface area (Å²) in [7, 11) is 0. The maximum Gasteiger partial charge on any atom is 0.255 e. The minimum atomic E-state index is 0.125. The van der Waals surface area contributed by atoms with Crippen molar-refractivity contribution >= 4 is 33.0 Å². The van der Waals surface area contributed by atoms with Gasteiger partial charge in [0, 0.05) is 52.4 Å². The van der Waals surface area contributed by atoms with E-state index in [4.69, 9.17) is 0 Å². The molecule has 2 fully saturated rings. The summed E-state index contributed by atoms with van der Waals surface area (Å²) in [5.74, 6) is 0.125. The topological polar surface area (TPSA) is 61.0 Å². The second-order valence-corrected chi connectivity index (χ2v) is 11.7. The zero-order valence-corrected chi connectivity index (χ0v) is 22.5. The van der Waals surface area contributed by atoms with Gasteiger partial charge >= 0.3 is 0 Å². The number of rotatable bonds is 8. The molecule has 6 heteroatoms. The van der Waals surface area contributed by atoms with Crippen LogP contribution in [-0.2, 0) is 17.8 Å². The molecule has 37 heavy (non-hydrogen) atoms. The van der Waals surface area contributed by atoms with E-state index in [0.717, 1.165) is 60.6 Å². The van der Waals surface area contributed by atoms with E-state index in [9.17, 15) is 4.79 Å². The number of thiophene rings is 1. The van der Waals surface area contributed by atoms with Crippen molar-refractivity contribution in [2.45, 2.75) is 64.6 Å². The van der Waals surface area contributed by atoms with Gasteiger partial charge in [0.15, 0.2) is 0 Å². The summed E-state index contributed by atoms with van der Waals surface area (Å²) in [6.45, 7) is 10.2. The van der Waals surface area contributed by atoms with Crippen LogP contribution in [0.2, 0.25) is 0 Å². The summed E-state index contributed by atoms with van der Waals surface area (Å²) in [5, 5.41) is 4.84. The fourth-order valence-corrected chi connectivity index (χ4v) is 7.28. The van der Waals surface area contributed by atoms with Crippen LogP contribution < -0.4 is 5.32 Å². The number of H-pyrrole nitrogens is 1. The van der Waals surface area contributed by atoms with E-state index in [0.29, 0.717) is 17.7 Å². The Morgan fingerprint density at radius 3 is 2.43 bits per heavy atom. The Balaban J connectivity index is 1.29. The predicted molar refractivity (Wildman–Crippen MR) is 153 cm³/mol. The van der Waals surface area contributed by atoms with Crippen LogP contribution in [0.5, 0.6) is 0 Å². The summed E-state index contributed by atoms with van der Waals surface area (Å²) < 4.78 is 0. The zero-order valence-electron chi connectivity index (χ0n) is 21.6. The molecule has 2 bridgehead atoms. The molecule has 4 aromatic rings. The third-order valence-corrected chi connectivity index (χ3v) is 9.10. The smallest absolute Gasteiger partial charge is 0.255 e. The number of aryl methyl sites for hydroxylation is 2. The van der Waals surface area contributed by atoms with Gasteiger partial charge < -0.3 is 15.2 Å². The summed E-state index contributed by atoms with van der Waals surface area (Å²) >= 11 is 1.65. The van der Waals surface area contributed by atoms with Crippen LogP contribution in [0.3, 0.4) is 0 Å². The van der Waals surface area contributed by atoms with Crippen molar-refractivity contribution in [3.05, 3.63) is 82.5 Å². The number of hydrogen-bond acceptors (Lipinski definition) is 4. The molecule has 5 heterocycles. The quantitative estimate of drug-likeness (QED) is 0.213. The van der Waals surface area contributed by atoms with Crippen LogP contribution in [0, 0.1) is 13.8 Å². The first-order chi connectivity index (χ1) is 18.0. The molecule has 6 rings (SSSR count). The lowest BCUT2D eigenvalue weighted by atomic mass is 10.0. The van der Waals surface area contributed by atoms with Crippen LogP contribution in [0.4, 0.5) is 0 Å². The Morgan fingerprint density at radius 2 is 1.76 bits per heavy atom. The number of nitrogens with one attached hydrogen (secondary N) is 2.